The van der Waals surface area contributed by atoms with E-state index in [0.717, 1.165) is 15.8 Å². The molecule has 0 aliphatic heterocycles. The number of alkyl halides is 1. The molecule has 0 aromatic rings. The maximum Gasteiger partial charge on any atom is 0.0158 e. The van der Waals surface area contributed by atoms with Crippen LogP contribution in [0.15, 0.2) is 0 Å². The zero-order valence-corrected chi connectivity index (χ0v) is 8.97. The van der Waals surface area contributed by atoms with E-state index < -0.39 is 0 Å². The molecule has 0 aromatic heterocycles. The highest BCUT2D eigenvalue weighted by Gasteiger charge is 2.14. The summed E-state index contributed by atoms with van der Waals surface area (Å²) in [5.74, 6) is 1.71. The molecule has 0 aliphatic rings. The molecule has 0 aliphatic carbocycles. The van der Waals surface area contributed by atoms with Crippen molar-refractivity contribution in [2.45, 2.75) is 38.0 Å². The first kappa shape index (κ1) is 9.73. The first-order valence-corrected chi connectivity index (χ1v) is 4.98. The molecule has 56 valence electrons. The molecule has 2 unspecified atom stereocenters. The van der Waals surface area contributed by atoms with E-state index >= 15 is 0 Å². The van der Waals surface area contributed by atoms with Gasteiger partial charge in [0.2, 0.25) is 0 Å². The Labute approximate surface area is 72.6 Å². The maximum atomic E-state index is 2.56. The first-order valence-electron chi connectivity index (χ1n) is 3.73. The molecule has 0 rings (SSSR count). The van der Waals surface area contributed by atoms with Gasteiger partial charge < -0.3 is 0 Å². The van der Waals surface area contributed by atoms with Gasteiger partial charge in [-0.1, -0.05) is 56.7 Å². The van der Waals surface area contributed by atoms with Crippen LogP contribution in [-0.2, 0) is 0 Å². The van der Waals surface area contributed by atoms with Gasteiger partial charge in [0.25, 0.3) is 0 Å². The van der Waals surface area contributed by atoms with Crippen LogP contribution in [0.2, 0.25) is 0 Å². The SMILES string of the molecule is CCC(C)C(I)C(C)C. The van der Waals surface area contributed by atoms with E-state index in [1.54, 1.807) is 0 Å². The fraction of sp³-hybridized carbons (Fsp3) is 1.00. The van der Waals surface area contributed by atoms with Gasteiger partial charge in [0.15, 0.2) is 0 Å². The third-order valence-electron chi connectivity index (χ3n) is 1.82. The minimum atomic E-state index is 0.834. The Morgan fingerprint density at radius 2 is 1.67 bits per heavy atom. The van der Waals surface area contributed by atoms with Gasteiger partial charge in [-0.3, -0.25) is 0 Å². The summed E-state index contributed by atoms with van der Waals surface area (Å²) >= 11 is 2.56. The molecule has 0 heterocycles. The Morgan fingerprint density at radius 3 is 1.78 bits per heavy atom. The van der Waals surface area contributed by atoms with E-state index in [1.807, 2.05) is 0 Å². The highest BCUT2D eigenvalue weighted by atomic mass is 127. The van der Waals surface area contributed by atoms with Gasteiger partial charge in [0, 0.05) is 3.92 Å². The second-order valence-corrected chi connectivity index (χ2v) is 4.51. The maximum absolute atomic E-state index is 2.56. The van der Waals surface area contributed by atoms with Gasteiger partial charge in [-0.05, 0) is 11.8 Å². The topological polar surface area (TPSA) is 0 Å². The lowest BCUT2D eigenvalue weighted by atomic mass is 9.97. The molecule has 0 N–H and O–H groups in total. The second kappa shape index (κ2) is 4.53. The fourth-order valence-electron chi connectivity index (χ4n) is 0.882. The van der Waals surface area contributed by atoms with Crippen molar-refractivity contribution in [2.24, 2.45) is 11.8 Å². The normalized spacial score (nSPS) is 18.0. The number of rotatable bonds is 3. The second-order valence-electron chi connectivity index (χ2n) is 3.07. The predicted octanol–water partition coefficient (Wildman–Crippen LogP) is 3.49. The largest absolute Gasteiger partial charge is 0.0821 e. The number of hydrogen-bond acceptors (Lipinski definition) is 0. The summed E-state index contributed by atoms with van der Waals surface area (Å²) in [7, 11) is 0. The van der Waals surface area contributed by atoms with Crippen LogP contribution in [0, 0.1) is 11.8 Å². The zero-order chi connectivity index (χ0) is 7.44. The number of halogens is 1. The Kier molecular flexibility index (Phi) is 4.90. The standard InChI is InChI=1S/C8H17I/c1-5-7(4)8(9)6(2)3/h6-8H,5H2,1-4H3. The highest BCUT2D eigenvalue weighted by Crippen LogP contribution is 2.23. The van der Waals surface area contributed by atoms with E-state index in [-0.39, 0.29) is 0 Å². The van der Waals surface area contributed by atoms with Gasteiger partial charge in [0.1, 0.15) is 0 Å². The molecule has 9 heavy (non-hydrogen) atoms. The van der Waals surface area contributed by atoms with Crippen LogP contribution in [0.3, 0.4) is 0 Å². The van der Waals surface area contributed by atoms with E-state index in [2.05, 4.69) is 50.3 Å². The predicted molar refractivity (Wildman–Crippen MR) is 52.1 cm³/mol. The molecule has 0 bridgehead atoms. The summed E-state index contributed by atoms with van der Waals surface area (Å²) in [6.45, 7) is 9.18. The van der Waals surface area contributed by atoms with Gasteiger partial charge >= 0.3 is 0 Å². The van der Waals surface area contributed by atoms with Crippen molar-refractivity contribution in [3.05, 3.63) is 0 Å². The lowest BCUT2D eigenvalue weighted by Gasteiger charge is -2.19. The summed E-state index contributed by atoms with van der Waals surface area (Å²) in [4.78, 5) is 0. The summed E-state index contributed by atoms with van der Waals surface area (Å²) in [5, 5.41) is 0. The van der Waals surface area contributed by atoms with Crippen molar-refractivity contribution in [3.63, 3.8) is 0 Å². The molecular formula is C8H17I. The molecular weight excluding hydrogens is 223 g/mol. The van der Waals surface area contributed by atoms with Crippen LogP contribution in [0.1, 0.15) is 34.1 Å². The van der Waals surface area contributed by atoms with Crippen LogP contribution in [0.4, 0.5) is 0 Å². The van der Waals surface area contributed by atoms with Gasteiger partial charge in [-0.15, -0.1) is 0 Å². The average molecular weight is 240 g/mol. The molecule has 0 radical (unpaired) electrons. The van der Waals surface area contributed by atoms with E-state index in [1.165, 1.54) is 6.42 Å². The molecule has 2 atom stereocenters. The van der Waals surface area contributed by atoms with E-state index in [0.29, 0.717) is 0 Å². The molecule has 0 saturated heterocycles. The molecule has 0 saturated carbocycles. The Balaban J connectivity index is 3.58. The minimum absolute atomic E-state index is 0.834. The fourth-order valence-corrected chi connectivity index (χ4v) is 1.39. The van der Waals surface area contributed by atoms with Crippen molar-refractivity contribution in [3.8, 4) is 0 Å². The highest BCUT2D eigenvalue weighted by molar-refractivity contribution is 14.1. The summed E-state index contributed by atoms with van der Waals surface area (Å²) < 4.78 is 0.854. The molecule has 0 fully saturated rings. The summed E-state index contributed by atoms with van der Waals surface area (Å²) in [6, 6.07) is 0. The quantitative estimate of drug-likeness (QED) is 0.523. The van der Waals surface area contributed by atoms with Crippen molar-refractivity contribution in [1.29, 1.82) is 0 Å². The third kappa shape index (κ3) is 3.43. The average Bonchev–Trinajstić information content (AvgIpc) is 1.84. The Hall–Kier alpha value is 0.730. The Bertz CT molecular complexity index is 69.0. The molecule has 1 heteroatoms. The smallest absolute Gasteiger partial charge is 0.0158 e. The van der Waals surface area contributed by atoms with Crippen LogP contribution in [0.25, 0.3) is 0 Å². The number of hydrogen-bond donors (Lipinski definition) is 0. The van der Waals surface area contributed by atoms with Crippen molar-refractivity contribution >= 4 is 22.6 Å². The van der Waals surface area contributed by atoms with Gasteiger partial charge in [-0.25, -0.2) is 0 Å². The monoisotopic (exact) mass is 240 g/mol. The van der Waals surface area contributed by atoms with Crippen molar-refractivity contribution in [2.75, 3.05) is 0 Å². The summed E-state index contributed by atoms with van der Waals surface area (Å²) in [5.41, 5.74) is 0. The van der Waals surface area contributed by atoms with Crippen LogP contribution < -0.4 is 0 Å². The molecule has 0 nitrogen and oxygen atoms in total. The van der Waals surface area contributed by atoms with E-state index in [9.17, 15) is 0 Å². The van der Waals surface area contributed by atoms with Crippen molar-refractivity contribution in [1.82, 2.24) is 0 Å². The van der Waals surface area contributed by atoms with Gasteiger partial charge in [0.05, 0.1) is 0 Å². The van der Waals surface area contributed by atoms with E-state index in [4.69, 9.17) is 0 Å². The van der Waals surface area contributed by atoms with Crippen LogP contribution in [0.5, 0.6) is 0 Å². The lowest BCUT2D eigenvalue weighted by Crippen LogP contribution is -2.15. The van der Waals surface area contributed by atoms with Crippen LogP contribution in [-0.4, -0.2) is 3.92 Å². The Morgan fingerprint density at radius 1 is 1.22 bits per heavy atom. The zero-order valence-electron chi connectivity index (χ0n) is 6.82. The molecule has 0 aromatic carbocycles. The van der Waals surface area contributed by atoms with Crippen molar-refractivity contribution < 1.29 is 0 Å². The molecule has 0 spiro atoms. The lowest BCUT2D eigenvalue weighted by molar-refractivity contribution is 0.461. The van der Waals surface area contributed by atoms with Crippen LogP contribution >= 0.6 is 22.6 Å². The summed E-state index contributed by atoms with van der Waals surface area (Å²) in [6.07, 6.45) is 1.31. The minimum Gasteiger partial charge on any atom is -0.0821 e. The third-order valence-corrected chi connectivity index (χ3v) is 4.49. The molecule has 0 amide bonds. The first-order chi connectivity index (χ1) is 4.09. The van der Waals surface area contributed by atoms with Gasteiger partial charge in [-0.2, -0.15) is 0 Å².